The third-order valence-corrected chi connectivity index (χ3v) is 12.0. The van der Waals surface area contributed by atoms with Crippen LogP contribution in [0.15, 0.2) is 0 Å². The van der Waals surface area contributed by atoms with E-state index >= 15 is 0 Å². The van der Waals surface area contributed by atoms with Crippen molar-refractivity contribution in [2.75, 3.05) is 0 Å². The summed E-state index contributed by atoms with van der Waals surface area (Å²) in [6.07, 6.45) is 7.42. The number of aliphatic hydroxyl groups is 1. The number of rotatable bonds is 4. The lowest BCUT2D eigenvalue weighted by molar-refractivity contribution is -0.166. The van der Waals surface area contributed by atoms with Crippen LogP contribution in [0.4, 0.5) is 0 Å². The first-order valence-corrected chi connectivity index (χ1v) is 16.9. The van der Waals surface area contributed by atoms with Gasteiger partial charge in [-0.05, 0) is 101 Å². The zero-order chi connectivity index (χ0) is 32.0. The van der Waals surface area contributed by atoms with Crippen LogP contribution in [-0.2, 0) is 33.4 Å². The van der Waals surface area contributed by atoms with Crippen molar-refractivity contribution < 1.29 is 38.5 Å². The molecule has 6 rings (SSSR count). The summed E-state index contributed by atoms with van der Waals surface area (Å²) in [6, 6.07) is 0. The number of carbonyl (C=O) groups excluding carboxylic acids is 4. The van der Waals surface area contributed by atoms with Gasteiger partial charge in [0, 0.05) is 5.92 Å². The van der Waals surface area contributed by atoms with Gasteiger partial charge in [-0.25, -0.2) is 0 Å². The van der Waals surface area contributed by atoms with E-state index in [1.165, 1.54) is 25.7 Å². The summed E-state index contributed by atoms with van der Waals surface area (Å²) < 4.78 is 15.5. The zero-order valence-corrected chi connectivity index (χ0v) is 27.8. The van der Waals surface area contributed by atoms with Crippen LogP contribution in [0.2, 0.25) is 0 Å². The second-order valence-electron chi connectivity index (χ2n) is 15.6. The van der Waals surface area contributed by atoms with Gasteiger partial charge in [-0.15, -0.1) is 0 Å². The van der Waals surface area contributed by atoms with E-state index in [1.54, 1.807) is 13.8 Å². The van der Waals surface area contributed by atoms with Gasteiger partial charge in [0.25, 0.3) is 0 Å². The van der Waals surface area contributed by atoms with Crippen LogP contribution in [0.5, 0.6) is 0 Å². The van der Waals surface area contributed by atoms with Crippen LogP contribution in [0.3, 0.4) is 0 Å². The predicted octanol–water partition coefficient (Wildman–Crippen LogP) is 5.97. The maximum absolute atomic E-state index is 12.1. The van der Waals surface area contributed by atoms with Crippen LogP contribution < -0.4 is 0 Å². The Balaban J connectivity index is 0.000000156. The fourth-order valence-electron chi connectivity index (χ4n) is 8.87. The Hall–Kier alpha value is -1.96. The average molecular weight is 605 g/mol. The smallest absolute Gasteiger partial charge is 0.317 e. The minimum Gasteiger partial charge on any atom is -0.460 e. The minimum absolute atomic E-state index is 0.0405. The van der Waals surface area contributed by atoms with E-state index in [0.717, 1.165) is 31.1 Å². The Morgan fingerprint density at radius 3 is 1.93 bits per heavy atom. The van der Waals surface area contributed by atoms with Crippen molar-refractivity contribution >= 4 is 23.9 Å². The van der Waals surface area contributed by atoms with Gasteiger partial charge in [0.1, 0.15) is 11.7 Å². The molecule has 0 amide bonds. The van der Waals surface area contributed by atoms with Gasteiger partial charge in [-0.3, -0.25) is 19.2 Å². The molecule has 14 unspecified atom stereocenters. The van der Waals surface area contributed by atoms with Crippen LogP contribution >= 0.6 is 0 Å². The van der Waals surface area contributed by atoms with Crippen LogP contribution in [0.1, 0.15) is 107 Å². The molecular formula is C35H56O8. The molecule has 1 saturated heterocycles. The number of cyclic esters (lactones) is 2. The fraction of sp³-hybridized carbons (Fsp3) is 0.886. The first-order chi connectivity index (χ1) is 20.0. The highest BCUT2D eigenvalue weighted by atomic mass is 16.6. The highest BCUT2D eigenvalue weighted by Gasteiger charge is 2.60. The maximum atomic E-state index is 12.1. The van der Waals surface area contributed by atoms with Crippen molar-refractivity contribution in [2.24, 2.45) is 71.0 Å². The quantitative estimate of drug-likeness (QED) is 0.237. The lowest BCUT2D eigenvalue weighted by Crippen LogP contribution is -2.43. The van der Waals surface area contributed by atoms with Gasteiger partial charge < -0.3 is 19.3 Å². The highest BCUT2D eigenvalue weighted by molar-refractivity contribution is 5.95. The van der Waals surface area contributed by atoms with Crippen molar-refractivity contribution in [2.45, 2.75) is 125 Å². The summed E-state index contributed by atoms with van der Waals surface area (Å²) in [5, 5.41) is 10.4. The summed E-state index contributed by atoms with van der Waals surface area (Å²) >= 11 is 0. The zero-order valence-electron chi connectivity index (χ0n) is 27.8. The Kier molecular flexibility index (Phi) is 10.4. The van der Waals surface area contributed by atoms with E-state index in [0.29, 0.717) is 35.5 Å². The molecule has 0 radical (unpaired) electrons. The van der Waals surface area contributed by atoms with Gasteiger partial charge in [0.2, 0.25) is 0 Å². The van der Waals surface area contributed by atoms with Gasteiger partial charge >= 0.3 is 23.9 Å². The molecule has 43 heavy (non-hydrogen) atoms. The molecule has 5 saturated carbocycles. The first kappa shape index (κ1) is 33.9. The average Bonchev–Trinajstić information content (AvgIpc) is 3.77. The van der Waals surface area contributed by atoms with E-state index in [1.807, 2.05) is 34.6 Å². The normalized spacial score (nSPS) is 42.8. The Labute approximate surface area is 258 Å². The Bertz CT molecular complexity index is 1030. The molecule has 8 heteroatoms. The van der Waals surface area contributed by atoms with Crippen LogP contribution in [0, 0.1) is 71.0 Å². The first-order valence-electron chi connectivity index (χ1n) is 16.9. The maximum Gasteiger partial charge on any atom is 0.317 e. The van der Waals surface area contributed by atoms with Gasteiger partial charge in [-0.2, -0.15) is 0 Å². The molecule has 0 spiro atoms. The summed E-state index contributed by atoms with van der Waals surface area (Å²) in [5.74, 6) is 3.84. The fourth-order valence-corrected chi connectivity index (χ4v) is 8.87. The van der Waals surface area contributed by atoms with Crippen molar-refractivity contribution in [1.29, 1.82) is 0 Å². The molecule has 0 aromatic carbocycles. The topological polar surface area (TPSA) is 116 Å². The molecule has 14 atom stereocenters. The second kappa shape index (κ2) is 13.2. The van der Waals surface area contributed by atoms with Crippen molar-refractivity contribution in [3.8, 4) is 0 Å². The van der Waals surface area contributed by atoms with E-state index in [2.05, 4.69) is 18.6 Å². The summed E-state index contributed by atoms with van der Waals surface area (Å²) in [5.41, 5.74) is -0.340. The van der Waals surface area contributed by atoms with Crippen LogP contribution in [0.25, 0.3) is 0 Å². The van der Waals surface area contributed by atoms with E-state index in [4.69, 9.17) is 9.47 Å². The largest absolute Gasteiger partial charge is 0.460 e. The molecule has 5 aliphatic carbocycles. The van der Waals surface area contributed by atoms with Gasteiger partial charge in [-0.1, -0.05) is 48.0 Å². The number of hydrogen-bond donors (Lipinski definition) is 1. The molecule has 6 fully saturated rings. The minimum atomic E-state index is -0.401. The van der Waals surface area contributed by atoms with Gasteiger partial charge in [0.05, 0.1) is 29.8 Å². The molecule has 6 aliphatic rings. The number of aliphatic hydroxyl groups excluding tert-OH is 1. The van der Waals surface area contributed by atoms with E-state index < -0.39 is 18.0 Å². The molecular weight excluding hydrogens is 548 g/mol. The predicted molar refractivity (Wildman–Crippen MR) is 161 cm³/mol. The van der Waals surface area contributed by atoms with Crippen molar-refractivity contribution in [3.05, 3.63) is 0 Å². The molecule has 244 valence electrons. The van der Waals surface area contributed by atoms with Crippen LogP contribution in [-0.4, -0.2) is 46.8 Å². The number of carbonyl (C=O) groups is 4. The number of fused-ring (bicyclic) bond motifs is 7. The summed E-state index contributed by atoms with van der Waals surface area (Å²) in [6.45, 7) is 17.8. The van der Waals surface area contributed by atoms with E-state index in [9.17, 15) is 24.3 Å². The molecule has 0 aromatic rings. The van der Waals surface area contributed by atoms with E-state index in [-0.39, 0.29) is 47.3 Å². The SMILES string of the molecule is CC1C(=O)OC(=O)C1C.CC1C2CC(C(=O)OC(C)(C)C)C(C2)C1C.CCC(C)C(=O)OC1C(O)C2CC1C1CCCC21. The third-order valence-electron chi connectivity index (χ3n) is 12.0. The Morgan fingerprint density at radius 1 is 0.884 bits per heavy atom. The molecule has 0 aromatic heterocycles. The monoisotopic (exact) mass is 604 g/mol. The summed E-state index contributed by atoms with van der Waals surface area (Å²) in [4.78, 5) is 45.1. The summed E-state index contributed by atoms with van der Waals surface area (Å²) in [7, 11) is 0. The molecule has 1 heterocycles. The molecule has 8 nitrogen and oxygen atoms in total. The molecule has 1 N–H and O–H groups in total. The molecule has 1 aliphatic heterocycles. The second-order valence-corrected chi connectivity index (χ2v) is 15.6. The molecule has 4 bridgehead atoms. The lowest BCUT2D eigenvalue weighted by Gasteiger charge is -2.35. The van der Waals surface area contributed by atoms with Crippen molar-refractivity contribution in [3.63, 3.8) is 0 Å². The Morgan fingerprint density at radius 2 is 1.47 bits per heavy atom. The standard InChI is InChI=1S/C15H24O3.C14H24O2.C6H8O3/c1-3-8(2)15(17)18-14-12-7-11(13(14)16)9-5-4-6-10(9)12;1-8-9(2)11-6-10(8)7-12(11)13(15)16-14(3,4)5;1-3-4(2)6(8)9-5(3)7/h8-14,16H,3-7H2,1-2H3;8-12H,6-7H2,1-5H3;3-4H,1-2H3. The van der Waals surface area contributed by atoms with Gasteiger partial charge in [0.15, 0.2) is 0 Å². The van der Waals surface area contributed by atoms with Crippen molar-refractivity contribution in [1.82, 2.24) is 0 Å². The number of hydrogen-bond acceptors (Lipinski definition) is 8. The number of esters is 4. The lowest BCUT2D eigenvalue weighted by atomic mass is 9.76. The third kappa shape index (κ3) is 6.99. The highest BCUT2D eigenvalue weighted by Crippen LogP contribution is 2.59. The number of ether oxygens (including phenoxy) is 3.